The molecular weight excluding hydrogens is 154 g/mol. The van der Waals surface area contributed by atoms with Crippen LogP contribution in [0.15, 0.2) is 0 Å². The van der Waals surface area contributed by atoms with Crippen molar-refractivity contribution in [3.63, 3.8) is 0 Å². The van der Waals surface area contributed by atoms with Gasteiger partial charge in [0, 0.05) is 6.54 Å². The van der Waals surface area contributed by atoms with E-state index in [4.69, 9.17) is 0 Å². The summed E-state index contributed by atoms with van der Waals surface area (Å²) in [5.41, 5.74) is 0.702. The second kappa shape index (κ2) is 2.98. The molecule has 0 unspecified atom stereocenters. The van der Waals surface area contributed by atoms with E-state index in [9.17, 15) is 0 Å². The average molecular weight is 171 g/mol. The Morgan fingerprint density at radius 2 is 2.36 bits per heavy atom. The fourth-order valence-corrected chi connectivity index (χ4v) is 2.98. The van der Waals surface area contributed by atoms with Crippen LogP contribution in [-0.4, -0.2) is 18.8 Å². The first-order valence-electron chi connectivity index (χ1n) is 4.66. The smallest absolute Gasteiger partial charge is 0.000840 e. The Balaban J connectivity index is 1.96. The van der Waals surface area contributed by atoms with Gasteiger partial charge in [-0.25, -0.2) is 0 Å². The maximum atomic E-state index is 4.37. The Morgan fingerprint density at radius 1 is 1.45 bits per heavy atom. The van der Waals surface area contributed by atoms with Crippen LogP contribution in [0.3, 0.4) is 0 Å². The van der Waals surface area contributed by atoms with Crippen molar-refractivity contribution in [1.82, 2.24) is 5.32 Å². The van der Waals surface area contributed by atoms with Crippen molar-refractivity contribution in [1.29, 1.82) is 0 Å². The Bertz CT molecular complexity index is 140. The van der Waals surface area contributed by atoms with E-state index < -0.39 is 0 Å². The van der Waals surface area contributed by atoms with E-state index in [-0.39, 0.29) is 0 Å². The van der Waals surface area contributed by atoms with Crippen molar-refractivity contribution >= 4 is 12.6 Å². The molecule has 1 N–H and O–H groups in total. The molecule has 0 radical (unpaired) electrons. The molecule has 2 heteroatoms. The minimum Gasteiger partial charge on any atom is -0.316 e. The van der Waals surface area contributed by atoms with E-state index in [2.05, 4.69) is 17.9 Å². The minimum absolute atomic E-state index is 0.702. The van der Waals surface area contributed by atoms with Gasteiger partial charge in [0.15, 0.2) is 0 Å². The molecule has 1 heterocycles. The number of nitrogens with one attached hydrogen (secondary N) is 1. The molecule has 2 atom stereocenters. The highest BCUT2D eigenvalue weighted by atomic mass is 32.1. The standard InChI is InChI=1S/C9H17NS/c11-6-8-1-2-9(5-8)3-4-10-7-9/h8,10-11H,1-7H2/t8-,9-/m0/s1. The lowest BCUT2D eigenvalue weighted by Crippen LogP contribution is -2.20. The van der Waals surface area contributed by atoms with E-state index in [1.165, 1.54) is 38.8 Å². The second-order valence-corrected chi connectivity index (χ2v) is 4.58. The number of rotatable bonds is 1. The monoisotopic (exact) mass is 171 g/mol. The maximum Gasteiger partial charge on any atom is 0.000840 e. The van der Waals surface area contributed by atoms with Crippen LogP contribution in [-0.2, 0) is 0 Å². The maximum absolute atomic E-state index is 4.37. The van der Waals surface area contributed by atoms with Crippen LogP contribution in [0.1, 0.15) is 25.7 Å². The predicted octanol–water partition coefficient (Wildman–Crippen LogP) is 1.70. The fraction of sp³-hybridized carbons (Fsp3) is 1.00. The van der Waals surface area contributed by atoms with E-state index in [1.807, 2.05) is 0 Å². The van der Waals surface area contributed by atoms with Crippen molar-refractivity contribution in [2.45, 2.75) is 25.7 Å². The largest absolute Gasteiger partial charge is 0.316 e. The Morgan fingerprint density at radius 3 is 2.91 bits per heavy atom. The summed E-state index contributed by atoms with van der Waals surface area (Å²) in [5.74, 6) is 2.01. The zero-order chi connectivity index (χ0) is 7.73. The normalized spacial score (nSPS) is 43.9. The highest BCUT2D eigenvalue weighted by Crippen LogP contribution is 2.45. The third-order valence-corrected chi connectivity index (χ3v) is 3.91. The van der Waals surface area contributed by atoms with E-state index >= 15 is 0 Å². The van der Waals surface area contributed by atoms with Gasteiger partial charge in [-0.1, -0.05) is 0 Å². The highest BCUT2D eigenvalue weighted by molar-refractivity contribution is 7.80. The van der Waals surface area contributed by atoms with Gasteiger partial charge in [-0.3, -0.25) is 0 Å². The molecule has 64 valence electrons. The number of thiol groups is 1. The molecule has 1 spiro atoms. The van der Waals surface area contributed by atoms with Crippen LogP contribution in [0.5, 0.6) is 0 Å². The first kappa shape index (κ1) is 7.93. The molecule has 2 fully saturated rings. The molecule has 0 bridgehead atoms. The first-order chi connectivity index (χ1) is 5.35. The summed E-state index contributed by atoms with van der Waals surface area (Å²) in [6.45, 7) is 2.52. The molecule has 0 aromatic heterocycles. The number of hydrogen-bond acceptors (Lipinski definition) is 2. The predicted molar refractivity (Wildman–Crippen MR) is 51.1 cm³/mol. The molecule has 0 aromatic carbocycles. The fourth-order valence-electron chi connectivity index (χ4n) is 2.67. The molecule has 2 rings (SSSR count). The summed E-state index contributed by atoms with van der Waals surface area (Å²) in [7, 11) is 0. The van der Waals surface area contributed by atoms with Crippen molar-refractivity contribution < 1.29 is 0 Å². The summed E-state index contributed by atoms with van der Waals surface area (Å²) in [6, 6.07) is 0. The van der Waals surface area contributed by atoms with Gasteiger partial charge in [-0.15, -0.1) is 0 Å². The molecule has 1 saturated heterocycles. The summed E-state index contributed by atoms with van der Waals surface area (Å²) < 4.78 is 0. The molecule has 0 aromatic rings. The lowest BCUT2D eigenvalue weighted by atomic mass is 9.85. The van der Waals surface area contributed by atoms with Gasteiger partial charge < -0.3 is 5.32 Å². The van der Waals surface area contributed by atoms with E-state index in [0.29, 0.717) is 5.41 Å². The number of hydrogen-bond donors (Lipinski definition) is 2. The minimum atomic E-state index is 0.702. The van der Waals surface area contributed by atoms with E-state index in [0.717, 1.165) is 11.7 Å². The van der Waals surface area contributed by atoms with Crippen LogP contribution in [0.4, 0.5) is 0 Å². The molecule has 1 aliphatic heterocycles. The zero-order valence-corrected chi connectivity index (χ0v) is 7.87. The molecule has 2 aliphatic rings. The molecule has 1 saturated carbocycles. The Kier molecular flexibility index (Phi) is 2.15. The van der Waals surface area contributed by atoms with Crippen LogP contribution in [0.2, 0.25) is 0 Å². The van der Waals surface area contributed by atoms with Crippen molar-refractivity contribution in [3.05, 3.63) is 0 Å². The third kappa shape index (κ3) is 1.43. The average Bonchev–Trinajstić information content (AvgIpc) is 2.62. The second-order valence-electron chi connectivity index (χ2n) is 4.22. The van der Waals surface area contributed by atoms with Gasteiger partial charge in [0.2, 0.25) is 0 Å². The van der Waals surface area contributed by atoms with Crippen molar-refractivity contribution in [2.75, 3.05) is 18.8 Å². The Labute approximate surface area is 74.4 Å². The van der Waals surface area contributed by atoms with Crippen LogP contribution >= 0.6 is 12.6 Å². The van der Waals surface area contributed by atoms with Gasteiger partial charge in [0.05, 0.1) is 0 Å². The summed E-state index contributed by atoms with van der Waals surface area (Å²) in [5, 5.41) is 3.47. The summed E-state index contributed by atoms with van der Waals surface area (Å²) >= 11 is 4.37. The van der Waals surface area contributed by atoms with Crippen molar-refractivity contribution in [2.24, 2.45) is 11.3 Å². The van der Waals surface area contributed by atoms with Crippen molar-refractivity contribution in [3.8, 4) is 0 Å². The van der Waals surface area contributed by atoms with Crippen LogP contribution < -0.4 is 5.32 Å². The lowest BCUT2D eigenvalue weighted by molar-refractivity contribution is 0.325. The molecule has 0 amide bonds. The summed E-state index contributed by atoms with van der Waals surface area (Å²) in [6.07, 6.45) is 5.72. The summed E-state index contributed by atoms with van der Waals surface area (Å²) in [4.78, 5) is 0. The van der Waals surface area contributed by atoms with Crippen LogP contribution in [0, 0.1) is 11.3 Å². The van der Waals surface area contributed by atoms with Gasteiger partial charge in [-0.2, -0.15) is 12.6 Å². The topological polar surface area (TPSA) is 12.0 Å². The third-order valence-electron chi connectivity index (χ3n) is 3.39. The Hall–Kier alpha value is 0.310. The zero-order valence-electron chi connectivity index (χ0n) is 6.97. The first-order valence-corrected chi connectivity index (χ1v) is 5.29. The van der Waals surface area contributed by atoms with E-state index in [1.54, 1.807) is 0 Å². The lowest BCUT2D eigenvalue weighted by Gasteiger charge is -2.21. The highest BCUT2D eigenvalue weighted by Gasteiger charge is 2.40. The molecule has 1 aliphatic carbocycles. The van der Waals surface area contributed by atoms with Gasteiger partial charge in [0.25, 0.3) is 0 Å². The molecular formula is C9H17NS. The molecule has 11 heavy (non-hydrogen) atoms. The van der Waals surface area contributed by atoms with Gasteiger partial charge in [0.1, 0.15) is 0 Å². The molecule has 1 nitrogen and oxygen atoms in total. The SMILES string of the molecule is SC[C@H]1CC[C@]2(CCNC2)C1. The van der Waals surface area contributed by atoms with Gasteiger partial charge in [-0.05, 0) is 49.3 Å². The quantitative estimate of drug-likeness (QED) is 0.572. The van der Waals surface area contributed by atoms with Crippen LogP contribution in [0.25, 0.3) is 0 Å². The van der Waals surface area contributed by atoms with Gasteiger partial charge >= 0.3 is 0 Å².